The van der Waals surface area contributed by atoms with Crippen molar-refractivity contribution in [2.24, 2.45) is 0 Å². The summed E-state index contributed by atoms with van der Waals surface area (Å²) in [6.07, 6.45) is 2.11. The SMILES string of the molecule is O=C1CC(c2ccccc2)c2ccc(OCC(O)CN3CCC(c4ccccc4)CC3)cc2N1. The van der Waals surface area contributed by atoms with E-state index in [9.17, 15) is 9.90 Å². The molecule has 3 aromatic rings. The molecule has 5 rings (SSSR count). The predicted octanol–water partition coefficient (Wildman–Crippen LogP) is 4.78. The van der Waals surface area contributed by atoms with E-state index in [0.29, 0.717) is 24.6 Å². The summed E-state index contributed by atoms with van der Waals surface area (Å²) in [6.45, 7) is 2.82. The number of rotatable bonds is 7. The van der Waals surface area contributed by atoms with E-state index in [1.54, 1.807) is 0 Å². The van der Waals surface area contributed by atoms with Crippen LogP contribution in [-0.4, -0.2) is 48.3 Å². The zero-order valence-corrected chi connectivity index (χ0v) is 19.4. The van der Waals surface area contributed by atoms with Crippen LogP contribution in [0.4, 0.5) is 5.69 Å². The number of aliphatic hydroxyl groups is 1. The van der Waals surface area contributed by atoms with Crippen LogP contribution >= 0.6 is 0 Å². The molecule has 2 aliphatic heterocycles. The minimum absolute atomic E-state index is 0.0115. The highest BCUT2D eigenvalue weighted by atomic mass is 16.5. The van der Waals surface area contributed by atoms with Crippen LogP contribution in [0.25, 0.3) is 0 Å². The molecule has 3 aromatic carbocycles. The molecule has 2 unspecified atom stereocenters. The summed E-state index contributed by atoms with van der Waals surface area (Å²) in [7, 11) is 0. The molecule has 5 heteroatoms. The maximum atomic E-state index is 12.3. The number of β-amino-alcohol motifs (C(OH)–C–C–N with tert-alkyl or cyclic N) is 1. The molecule has 2 heterocycles. The Morgan fingerprint density at radius 3 is 2.32 bits per heavy atom. The van der Waals surface area contributed by atoms with Crippen LogP contribution in [-0.2, 0) is 4.79 Å². The Hall–Kier alpha value is -3.15. The first kappa shape index (κ1) is 22.6. The normalized spacial score (nSPS) is 19.8. The molecule has 0 aromatic heterocycles. The minimum Gasteiger partial charge on any atom is -0.491 e. The smallest absolute Gasteiger partial charge is 0.225 e. The van der Waals surface area contributed by atoms with Gasteiger partial charge in [-0.2, -0.15) is 0 Å². The first-order valence-corrected chi connectivity index (χ1v) is 12.2. The van der Waals surface area contributed by atoms with Crippen LogP contribution in [0.2, 0.25) is 0 Å². The molecule has 0 aliphatic carbocycles. The molecule has 2 atom stereocenters. The van der Waals surface area contributed by atoms with Crippen molar-refractivity contribution in [3.8, 4) is 5.75 Å². The van der Waals surface area contributed by atoms with Crippen LogP contribution in [0.3, 0.4) is 0 Å². The fraction of sp³-hybridized carbons (Fsp3) is 0.345. The summed E-state index contributed by atoms with van der Waals surface area (Å²) in [5.41, 5.74) is 4.44. The summed E-state index contributed by atoms with van der Waals surface area (Å²) in [6, 6.07) is 26.7. The maximum Gasteiger partial charge on any atom is 0.225 e. The Morgan fingerprint density at radius 2 is 1.62 bits per heavy atom. The maximum absolute atomic E-state index is 12.3. The number of ether oxygens (including phenoxy) is 1. The average molecular weight is 457 g/mol. The second-order valence-electron chi connectivity index (χ2n) is 9.42. The zero-order valence-electron chi connectivity index (χ0n) is 19.4. The predicted molar refractivity (Wildman–Crippen MR) is 134 cm³/mol. The van der Waals surface area contributed by atoms with E-state index in [-0.39, 0.29) is 18.4 Å². The number of nitrogens with zero attached hydrogens (tertiary/aromatic N) is 1. The average Bonchev–Trinajstić information content (AvgIpc) is 2.88. The van der Waals surface area contributed by atoms with Gasteiger partial charge < -0.3 is 20.1 Å². The molecule has 1 amide bonds. The van der Waals surface area contributed by atoms with Crippen molar-refractivity contribution in [3.05, 3.63) is 95.6 Å². The number of anilines is 1. The zero-order chi connectivity index (χ0) is 23.3. The largest absolute Gasteiger partial charge is 0.491 e. The van der Waals surface area contributed by atoms with E-state index in [1.807, 2.05) is 36.4 Å². The third-order valence-electron chi connectivity index (χ3n) is 7.04. The number of fused-ring (bicyclic) bond motifs is 1. The van der Waals surface area contributed by atoms with Gasteiger partial charge in [-0.3, -0.25) is 4.79 Å². The second-order valence-corrected chi connectivity index (χ2v) is 9.42. The van der Waals surface area contributed by atoms with Gasteiger partial charge in [-0.1, -0.05) is 66.7 Å². The molecular formula is C29H32N2O3. The molecule has 1 fully saturated rings. The van der Waals surface area contributed by atoms with Gasteiger partial charge in [0.1, 0.15) is 18.5 Å². The monoisotopic (exact) mass is 456 g/mol. The number of piperidine rings is 1. The number of likely N-dealkylation sites (tertiary alicyclic amines) is 1. The van der Waals surface area contributed by atoms with Crippen molar-refractivity contribution >= 4 is 11.6 Å². The molecule has 0 spiro atoms. The van der Waals surface area contributed by atoms with Gasteiger partial charge in [0.25, 0.3) is 0 Å². The Labute approximate surface area is 201 Å². The number of nitrogens with one attached hydrogen (secondary N) is 1. The lowest BCUT2D eigenvalue weighted by atomic mass is 9.85. The Balaban J connectivity index is 1.15. The van der Waals surface area contributed by atoms with E-state index in [4.69, 9.17) is 4.74 Å². The number of aliphatic hydroxyl groups excluding tert-OH is 1. The highest BCUT2D eigenvalue weighted by Crippen LogP contribution is 2.38. The van der Waals surface area contributed by atoms with Gasteiger partial charge in [0.2, 0.25) is 5.91 Å². The lowest BCUT2D eigenvalue weighted by Crippen LogP contribution is -2.40. The quantitative estimate of drug-likeness (QED) is 0.537. The van der Waals surface area contributed by atoms with Crippen molar-refractivity contribution in [1.29, 1.82) is 0 Å². The van der Waals surface area contributed by atoms with E-state index in [2.05, 4.69) is 52.7 Å². The molecule has 1 saturated heterocycles. The first-order chi connectivity index (χ1) is 16.7. The number of benzene rings is 3. The molecule has 0 radical (unpaired) electrons. The van der Waals surface area contributed by atoms with Crippen molar-refractivity contribution in [2.75, 3.05) is 31.6 Å². The molecule has 0 saturated carbocycles. The molecular weight excluding hydrogens is 424 g/mol. The van der Waals surface area contributed by atoms with E-state index in [1.165, 1.54) is 5.56 Å². The third kappa shape index (κ3) is 5.32. The number of carbonyl (C=O) groups is 1. The van der Waals surface area contributed by atoms with Gasteiger partial charge in [0, 0.05) is 30.6 Å². The van der Waals surface area contributed by atoms with E-state index >= 15 is 0 Å². The fourth-order valence-electron chi connectivity index (χ4n) is 5.23. The topological polar surface area (TPSA) is 61.8 Å². The molecule has 5 nitrogen and oxygen atoms in total. The van der Waals surface area contributed by atoms with Gasteiger partial charge in [-0.05, 0) is 54.6 Å². The summed E-state index contributed by atoms with van der Waals surface area (Å²) in [4.78, 5) is 14.6. The van der Waals surface area contributed by atoms with Crippen LogP contribution < -0.4 is 10.1 Å². The second kappa shape index (κ2) is 10.4. The Bertz CT molecular complexity index is 1090. The van der Waals surface area contributed by atoms with Crippen LogP contribution in [0.5, 0.6) is 5.75 Å². The molecule has 34 heavy (non-hydrogen) atoms. The summed E-state index contributed by atoms with van der Waals surface area (Å²) in [5.74, 6) is 1.33. The third-order valence-corrected chi connectivity index (χ3v) is 7.04. The number of carbonyl (C=O) groups excluding carboxylic acids is 1. The lowest BCUT2D eigenvalue weighted by Gasteiger charge is -2.33. The van der Waals surface area contributed by atoms with E-state index < -0.39 is 6.10 Å². The summed E-state index contributed by atoms with van der Waals surface area (Å²) >= 11 is 0. The van der Waals surface area contributed by atoms with Crippen LogP contribution in [0.1, 0.15) is 47.8 Å². The molecule has 0 bridgehead atoms. The minimum atomic E-state index is -0.559. The van der Waals surface area contributed by atoms with E-state index in [0.717, 1.165) is 42.7 Å². The molecule has 176 valence electrons. The Kier molecular flexibility index (Phi) is 6.93. The van der Waals surface area contributed by atoms with Gasteiger partial charge in [0.05, 0.1) is 0 Å². The van der Waals surface area contributed by atoms with Crippen molar-refractivity contribution < 1.29 is 14.6 Å². The van der Waals surface area contributed by atoms with Gasteiger partial charge in [-0.25, -0.2) is 0 Å². The summed E-state index contributed by atoms with van der Waals surface area (Å²) in [5, 5.41) is 13.6. The van der Waals surface area contributed by atoms with Crippen LogP contribution in [0, 0.1) is 0 Å². The highest BCUT2D eigenvalue weighted by Gasteiger charge is 2.27. The summed E-state index contributed by atoms with van der Waals surface area (Å²) < 4.78 is 5.91. The lowest BCUT2D eigenvalue weighted by molar-refractivity contribution is -0.116. The highest BCUT2D eigenvalue weighted by molar-refractivity contribution is 5.95. The van der Waals surface area contributed by atoms with Crippen LogP contribution in [0.15, 0.2) is 78.9 Å². The number of hydrogen-bond acceptors (Lipinski definition) is 4. The van der Waals surface area contributed by atoms with Crippen molar-refractivity contribution in [3.63, 3.8) is 0 Å². The molecule has 2 N–H and O–H groups in total. The fourth-order valence-corrected chi connectivity index (χ4v) is 5.23. The standard InChI is InChI=1S/C29H32N2O3/c32-24(19-31-15-13-22(14-16-31)21-7-3-1-4-8-21)20-34-25-11-12-26-27(23-9-5-2-6-10-23)18-29(33)30-28(26)17-25/h1-12,17,22,24,27,32H,13-16,18-20H2,(H,30,33). The first-order valence-electron chi connectivity index (χ1n) is 12.2. The van der Waals surface area contributed by atoms with Gasteiger partial charge in [-0.15, -0.1) is 0 Å². The number of amides is 1. The van der Waals surface area contributed by atoms with Crippen molar-refractivity contribution in [1.82, 2.24) is 4.90 Å². The Morgan fingerprint density at radius 1 is 0.941 bits per heavy atom. The number of hydrogen-bond donors (Lipinski definition) is 2. The van der Waals surface area contributed by atoms with Gasteiger partial charge in [0.15, 0.2) is 0 Å². The van der Waals surface area contributed by atoms with Crippen molar-refractivity contribution in [2.45, 2.75) is 37.2 Å². The molecule has 2 aliphatic rings. The van der Waals surface area contributed by atoms with Gasteiger partial charge >= 0.3 is 0 Å².